The SMILES string of the molecule is C[Si](C)(C)CCOCn1cc(-c2cccc(C(=O)Nc3nc(CCC(=O)O)cn3-c3ccccc3)c2)cn1. The van der Waals surface area contributed by atoms with E-state index in [2.05, 4.69) is 35.0 Å². The molecule has 4 aromatic rings. The molecule has 0 aliphatic rings. The summed E-state index contributed by atoms with van der Waals surface area (Å²) in [5, 5.41) is 16.3. The predicted molar refractivity (Wildman–Crippen MR) is 149 cm³/mol. The number of aliphatic carboxylic acids is 1. The number of hydrogen-bond donors (Lipinski definition) is 2. The van der Waals surface area contributed by atoms with Gasteiger partial charge >= 0.3 is 5.97 Å². The maximum Gasteiger partial charge on any atom is 0.303 e. The third-order valence-electron chi connectivity index (χ3n) is 5.92. The molecular formula is C28H33N5O4Si. The normalized spacial score (nSPS) is 11.4. The zero-order valence-electron chi connectivity index (χ0n) is 21.9. The van der Waals surface area contributed by atoms with Gasteiger partial charge in [0.15, 0.2) is 0 Å². The number of carboxylic acids is 1. The van der Waals surface area contributed by atoms with Crippen LogP contribution in [0.25, 0.3) is 16.8 Å². The molecule has 198 valence electrons. The summed E-state index contributed by atoms with van der Waals surface area (Å²) in [5.41, 5.74) is 3.61. The minimum absolute atomic E-state index is 0.0434. The van der Waals surface area contributed by atoms with Crippen LogP contribution in [-0.4, -0.2) is 51.0 Å². The number of carboxylic acid groups (broad SMARTS) is 1. The van der Waals surface area contributed by atoms with Crippen LogP contribution in [0, 0.1) is 0 Å². The molecule has 9 nitrogen and oxygen atoms in total. The van der Waals surface area contributed by atoms with Crippen LogP contribution in [0.2, 0.25) is 25.7 Å². The third-order valence-corrected chi connectivity index (χ3v) is 7.63. The Morgan fingerprint density at radius 3 is 2.55 bits per heavy atom. The monoisotopic (exact) mass is 531 g/mol. The first-order valence-electron chi connectivity index (χ1n) is 12.6. The number of nitrogens with one attached hydrogen (secondary N) is 1. The summed E-state index contributed by atoms with van der Waals surface area (Å²) >= 11 is 0. The summed E-state index contributed by atoms with van der Waals surface area (Å²) in [6.45, 7) is 8.06. The van der Waals surface area contributed by atoms with E-state index in [9.17, 15) is 9.59 Å². The van der Waals surface area contributed by atoms with Crippen LogP contribution < -0.4 is 5.32 Å². The van der Waals surface area contributed by atoms with E-state index in [0.717, 1.165) is 29.5 Å². The van der Waals surface area contributed by atoms with Crippen LogP contribution in [0.5, 0.6) is 0 Å². The highest BCUT2D eigenvalue weighted by molar-refractivity contribution is 6.76. The van der Waals surface area contributed by atoms with Crippen molar-refractivity contribution in [2.24, 2.45) is 0 Å². The van der Waals surface area contributed by atoms with Gasteiger partial charge in [-0.05, 0) is 35.9 Å². The van der Waals surface area contributed by atoms with Crippen LogP contribution in [-0.2, 0) is 22.7 Å². The van der Waals surface area contributed by atoms with Gasteiger partial charge in [-0.25, -0.2) is 9.67 Å². The molecule has 2 N–H and O–H groups in total. The van der Waals surface area contributed by atoms with Crippen molar-refractivity contribution in [2.75, 3.05) is 11.9 Å². The molecule has 0 radical (unpaired) electrons. The Morgan fingerprint density at radius 2 is 1.82 bits per heavy atom. The Kier molecular flexibility index (Phi) is 8.54. The van der Waals surface area contributed by atoms with Crippen molar-refractivity contribution in [2.45, 2.75) is 45.3 Å². The van der Waals surface area contributed by atoms with Crippen molar-refractivity contribution in [3.05, 3.63) is 84.4 Å². The summed E-state index contributed by atoms with van der Waals surface area (Å²) in [7, 11) is -1.14. The van der Waals surface area contributed by atoms with Gasteiger partial charge in [0.05, 0.1) is 18.3 Å². The Hall–Kier alpha value is -4.02. The standard InChI is InChI=1S/C28H33N5O4Si/c1-38(2,3)15-14-37-20-32-18-23(17-29-32)21-8-7-9-22(16-21)27(36)31-28-30-24(12-13-26(34)35)19-33(28)25-10-5-4-6-11-25/h4-11,16-19H,12-15,20H2,1-3H3,(H,34,35)(H,30,31,36). The number of para-hydroxylation sites is 1. The van der Waals surface area contributed by atoms with E-state index >= 15 is 0 Å². The van der Waals surface area contributed by atoms with Gasteiger partial charge in [-0.1, -0.05) is 50.0 Å². The van der Waals surface area contributed by atoms with Crippen LogP contribution >= 0.6 is 0 Å². The van der Waals surface area contributed by atoms with Crippen molar-refractivity contribution in [1.82, 2.24) is 19.3 Å². The van der Waals surface area contributed by atoms with E-state index in [1.807, 2.05) is 54.7 Å². The van der Waals surface area contributed by atoms with Gasteiger partial charge in [-0.3, -0.25) is 19.5 Å². The molecule has 38 heavy (non-hydrogen) atoms. The second-order valence-electron chi connectivity index (χ2n) is 10.3. The second kappa shape index (κ2) is 12.0. The lowest BCUT2D eigenvalue weighted by atomic mass is 10.1. The van der Waals surface area contributed by atoms with Crippen molar-refractivity contribution in [3.8, 4) is 16.8 Å². The highest BCUT2D eigenvalue weighted by atomic mass is 28.3. The zero-order chi connectivity index (χ0) is 27.1. The number of aryl methyl sites for hydroxylation is 1. The number of anilines is 1. The second-order valence-corrected chi connectivity index (χ2v) is 15.9. The van der Waals surface area contributed by atoms with E-state index in [-0.39, 0.29) is 18.7 Å². The van der Waals surface area contributed by atoms with Gasteiger partial charge in [-0.2, -0.15) is 5.10 Å². The molecule has 10 heteroatoms. The predicted octanol–water partition coefficient (Wildman–Crippen LogP) is 5.32. The van der Waals surface area contributed by atoms with E-state index in [4.69, 9.17) is 9.84 Å². The summed E-state index contributed by atoms with van der Waals surface area (Å²) in [5.74, 6) is -0.889. The van der Waals surface area contributed by atoms with Gasteiger partial charge in [0, 0.05) is 50.3 Å². The average molecular weight is 532 g/mol. The molecule has 2 heterocycles. The van der Waals surface area contributed by atoms with Crippen LogP contribution in [0.15, 0.2) is 73.2 Å². The number of carbonyl (C=O) groups excluding carboxylic acids is 1. The Labute approximate surface area is 223 Å². The molecule has 2 aromatic heterocycles. The molecular weight excluding hydrogens is 498 g/mol. The van der Waals surface area contributed by atoms with E-state index in [0.29, 0.717) is 23.9 Å². The van der Waals surface area contributed by atoms with Gasteiger partial charge < -0.3 is 9.84 Å². The Morgan fingerprint density at radius 1 is 1.03 bits per heavy atom. The number of benzene rings is 2. The van der Waals surface area contributed by atoms with Crippen molar-refractivity contribution < 1.29 is 19.4 Å². The van der Waals surface area contributed by atoms with Gasteiger partial charge in [-0.15, -0.1) is 0 Å². The number of nitrogens with zero attached hydrogens (tertiary/aromatic N) is 4. The molecule has 4 rings (SSSR count). The first-order chi connectivity index (χ1) is 18.2. The number of rotatable bonds is 12. The van der Waals surface area contributed by atoms with Crippen LogP contribution in [0.1, 0.15) is 22.5 Å². The number of ether oxygens (including phenoxy) is 1. The number of aromatic nitrogens is 4. The Bertz CT molecular complexity index is 1390. The highest BCUT2D eigenvalue weighted by Gasteiger charge is 2.16. The number of hydrogen-bond acceptors (Lipinski definition) is 5. The molecule has 2 aromatic carbocycles. The topological polar surface area (TPSA) is 111 Å². The molecule has 0 unspecified atom stereocenters. The summed E-state index contributed by atoms with van der Waals surface area (Å²) in [6.07, 6.45) is 5.64. The lowest BCUT2D eigenvalue weighted by Gasteiger charge is -2.15. The van der Waals surface area contributed by atoms with Gasteiger partial charge in [0.25, 0.3) is 5.91 Å². The Balaban J connectivity index is 1.48. The van der Waals surface area contributed by atoms with Gasteiger partial charge in [0.2, 0.25) is 5.95 Å². The van der Waals surface area contributed by atoms with Crippen molar-refractivity contribution in [1.29, 1.82) is 0 Å². The van der Waals surface area contributed by atoms with Crippen LogP contribution in [0.4, 0.5) is 5.95 Å². The fraction of sp³-hybridized carbons (Fsp3) is 0.286. The lowest BCUT2D eigenvalue weighted by Crippen LogP contribution is -2.22. The average Bonchev–Trinajstić information content (AvgIpc) is 3.53. The molecule has 0 spiro atoms. The molecule has 0 bridgehead atoms. The largest absolute Gasteiger partial charge is 0.481 e. The van der Waals surface area contributed by atoms with Gasteiger partial charge in [0.1, 0.15) is 6.73 Å². The lowest BCUT2D eigenvalue weighted by molar-refractivity contribution is -0.136. The molecule has 0 atom stereocenters. The number of imidazole rings is 1. The molecule has 0 saturated carbocycles. The van der Waals surface area contributed by atoms with Crippen molar-refractivity contribution >= 4 is 25.9 Å². The van der Waals surface area contributed by atoms with Crippen LogP contribution in [0.3, 0.4) is 0 Å². The minimum Gasteiger partial charge on any atom is -0.481 e. The third kappa shape index (κ3) is 7.50. The van der Waals surface area contributed by atoms with E-state index in [1.54, 1.807) is 27.7 Å². The molecule has 0 fully saturated rings. The number of carbonyl (C=O) groups is 2. The fourth-order valence-electron chi connectivity index (χ4n) is 3.79. The molecule has 0 aliphatic heterocycles. The fourth-order valence-corrected chi connectivity index (χ4v) is 4.55. The minimum atomic E-state index is -1.14. The summed E-state index contributed by atoms with van der Waals surface area (Å²) in [6, 6.07) is 17.9. The van der Waals surface area contributed by atoms with E-state index in [1.165, 1.54) is 0 Å². The summed E-state index contributed by atoms with van der Waals surface area (Å²) < 4.78 is 9.29. The highest BCUT2D eigenvalue weighted by Crippen LogP contribution is 2.22. The number of amides is 1. The van der Waals surface area contributed by atoms with Crippen molar-refractivity contribution in [3.63, 3.8) is 0 Å². The summed E-state index contributed by atoms with van der Waals surface area (Å²) in [4.78, 5) is 28.8. The molecule has 1 amide bonds. The molecule has 0 aliphatic carbocycles. The maximum atomic E-state index is 13.2. The quantitative estimate of drug-likeness (QED) is 0.189. The first kappa shape index (κ1) is 27.0. The molecule has 0 saturated heterocycles. The zero-order valence-corrected chi connectivity index (χ0v) is 22.9. The first-order valence-corrected chi connectivity index (χ1v) is 16.3. The maximum absolute atomic E-state index is 13.2. The van der Waals surface area contributed by atoms with E-state index < -0.39 is 14.0 Å². The smallest absolute Gasteiger partial charge is 0.303 e.